The number of ether oxygens (including phenoxy) is 2. The van der Waals surface area contributed by atoms with Gasteiger partial charge in [-0.2, -0.15) is 5.10 Å². The van der Waals surface area contributed by atoms with E-state index in [-0.39, 0.29) is 5.91 Å². The topological polar surface area (TPSA) is 59.9 Å². The summed E-state index contributed by atoms with van der Waals surface area (Å²) in [5.41, 5.74) is 4.69. The fraction of sp³-hybridized carbons (Fsp3) is 0.176. The first kappa shape index (κ1) is 15.6. The molecule has 0 heterocycles. The van der Waals surface area contributed by atoms with Crippen LogP contribution in [-0.4, -0.2) is 25.8 Å². The van der Waals surface area contributed by atoms with Gasteiger partial charge in [0.05, 0.1) is 19.9 Å². The number of carbonyl (C=O) groups is 1. The third-order valence-electron chi connectivity index (χ3n) is 3.19. The van der Waals surface area contributed by atoms with Crippen LogP contribution in [0.3, 0.4) is 0 Å². The minimum Gasteiger partial charge on any atom is -0.497 e. The van der Waals surface area contributed by atoms with E-state index >= 15 is 0 Å². The Kier molecular flexibility index (Phi) is 5.14. The molecule has 0 radical (unpaired) electrons. The monoisotopic (exact) mass is 298 g/mol. The van der Waals surface area contributed by atoms with Gasteiger partial charge in [0.25, 0.3) is 5.91 Å². The molecule has 0 aromatic heterocycles. The van der Waals surface area contributed by atoms with E-state index in [1.165, 1.54) is 0 Å². The van der Waals surface area contributed by atoms with E-state index in [0.717, 1.165) is 11.3 Å². The van der Waals surface area contributed by atoms with E-state index in [0.29, 0.717) is 17.0 Å². The van der Waals surface area contributed by atoms with E-state index < -0.39 is 0 Å². The van der Waals surface area contributed by atoms with Crippen molar-refractivity contribution in [3.05, 3.63) is 59.7 Å². The van der Waals surface area contributed by atoms with Crippen LogP contribution in [0, 0.1) is 0 Å². The molecule has 0 atom stereocenters. The zero-order valence-electron chi connectivity index (χ0n) is 12.8. The van der Waals surface area contributed by atoms with Gasteiger partial charge in [-0.1, -0.05) is 0 Å². The van der Waals surface area contributed by atoms with Crippen LogP contribution in [0.15, 0.2) is 53.6 Å². The van der Waals surface area contributed by atoms with Crippen LogP contribution in [0.4, 0.5) is 0 Å². The number of rotatable bonds is 5. The molecule has 22 heavy (non-hydrogen) atoms. The molecule has 0 unspecified atom stereocenters. The van der Waals surface area contributed by atoms with Crippen molar-refractivity contribution in [1.82, 2.24) is 5.43 Å². The van der Waals surface area contributed by atoms with E-state index in [2.05, 4.69) is 10.5 Å². The molecule has 0 saturated heterocycles. The lowest BCUT2D eigenvalue weighted by molar-refractivity contribution is 0.0955. The second kappa shape index (κ2) is 7.26. The molecule has 2 aromatic carbocycles. The number of hydrogen-bond acceptors (Lipinski definition) is 4. The number of nitrogens with one attached hydrogen (secondary N) is 1. The summed E-state index contributed by atoms with van der Waals surface area (Å²) in [6.07, 6.45) is 0. The Labute approximate surface area is 129 Å². The zero-order chi connectivity index (χ0) is 15.9. The largest absolute Gasteiger partial charge is 0.497 e. The summed E-state index contributed by atoms with van der Waals surface area (Å²) in [4.78, 5) is 12.0. The normalized spacial score (nSPS) is 11.0. The van der Waals surface area contributed by atoms with Gasteiger partial charge >= 0.3 is 0 Å². The molecule has 1 N–H and O–H groups in total. The highest BCUT2D eigenvalue weighted by Gasteiger charge is 2.05. The minimum atomic E-state index is -0.268. The van der Waals surface area contributed by atoms with Crippen molar-refractivity contribution in [2.75, 3.05) is 14.2 Å². The van der Waals surface area contributed by atoms with Crippen molar-refractivity contribution in [3.8, 4) is 11.5 Å². The molecule has 2 rings (SSSR count). The molecule has 0 spiro atoms. The first-order valence-corrected chi connectivity index (χ1v) is 6.77. The average Bonchev–Trinajstić information content (AvgIpc) is 2.59. The van der Waals surface area contributed by atoms with Crippen molar-refractivity contribution < 1.29 is 14.3 Å². The van der Waals surface area contributed by atoms with Crippen LogP contribution in [0.25, 0.3) is 0 Å². The Morgan fingerprint density at radius 3 is 1.77 bits per heavy atom. The number of benzene rings is 2. The number of hydrogen-bond donors (Lipinski definition) is 1. The summed E-state index contributed by atoms with van der Waals surface area (Å²) in [5, 5.41) is 4.11. The molecule has 0 fully saturated rings. The molecule has 5 heteroatoms. The fourth-order valence-electron chi connectivity index (χ4n) is 1.84. The lowest BCUT2D eigenvalue weighted by Gasteiger charge is -2.05. The van der Waals surface area contributed by atoms with Gasteiger partial charge in [0.2, 0.25) is 0 Å². The summed E-state index contributed by atoms with van der Waals surface area (Å²) >= 11 is 0. The van der Waals surface area contributed by atoms with E-state index in [1.807, 2.05) is 31.2 Å². The van der Waals surface area contributed by atoms with E-state index in [4.69, 9.17) is 9.47 Å². The Morgan fingerprint density at radius 2 is 1.32 bits per heavy atom. The fourth-order valence-corrected chi connectivity index (χ4v) is 1.84. The molecule has 0 bridgehead atoms. The van der Waals surface area contributed by atoms with E-state index in [1.54, 1.807) is 38.5 Å². The van der Waals surface area contributed by atoms with E-state index in [9.17, 15) is 4.79 Å². The number of amides is 1. The van der Waals surface area contributed by atoms with Crippen LogP contribution in [0.1, 0.15) is 22.8 Å². The highest BCUT2D eigenvalue weighted by atomic mass is 16.5. The first-order valence-electron chi connectivity index (χ1n) is 6.77. The predicted molar refractivity (Wildman–Crippen MR) is 85.7 cm³/mol. The quantitative estimate of drug-likeness (QED) is 0.682. The Bertz CT molecular complexity index is 661. The zero-order valence-corrected chi connectivity index (χ0v) is 12.8. The second-order valence-corrected chi connectivity index (χ2v) is 4.60. The maximum atomic E-state index is 12.0. The van der Waals surface area contributed by atoms with Gasteiger partial charge in [0, 0.05) is 5.56 Å². The minimum absolute atomic E-state index is 0.268. The molecular weight excluding hydrogens is 280 g/mol. The lowest BCUT2D eigenvalue weighted by atomic mass is 10.1. The average molecular weight is 298 g/mol. The van der Waals surface area contributed by atoms with Crippen molar-refractivity contribution in [2.24, 2.45) is 5.10 Å². The predicted octanol–water partition coefficient (Wildman–Crippen LogP) is 2.86. The van der Waals surface area contributed by atoms with Gasteiger partial charge in [-0.3, -0.25) is 4.79 Å². The maximum absolute atomic E-state index is 12.0. The number of nitrogens with zero attached hydrogens (tertiary/aromatic N) is 1. The lowest BCUT2D eigenvalue weighted by Crippen LogP contribution is -2.19. The first-order chi connectivity index (χ1) is 10.6. The highest BCUT2D eigenvalue weighted by Crippen LogP contribution is 2.13. The summed E-state index contributed by atoms with van der Waals surface area (Å²) < 4.78 is 10.2. The molecule has 0 aliphatic rings. The van der Waals surface area contributed by atoms with Gasteiger partial charge in [0.15, 0.2) is 0 Å². The van der Waals surface area contributed by atoms with Crippen LogP contribution in [-0.2, 0) is 0 Å². The number of methoxy groups -OCH3 is 2. The Hall–Kier alpha value is -2.82. The van der Waals surface area contributed by atoms with Gasteiger partial charge in [0.1, 0.15) is 11.5 Å². The molecule has 114 valence electrons. The maximum Gasteiger partial charge on any atom is 0.271 e. The molecular formula is C17H18N2O3. The molecule has 1 amide bonds. The molecule has 2 aromatic rings. The van der Waals surface area contributed by atoms with Crippen molar-refractivity contribution in [3.63, 3.8) is 0 Å². The van der Waals surface area contributed by atoms with Crippen LogP contribution >= 0.6 is 0 Å². The molecule has 0 aliphatic carbocycles. The third kappa shape index (κ3) is 3.85. The van der Waals surface area contributed by atoms with Crippen LogP contribution < -0.4 is 14.9 Å². The second-order valence-electron chi connectivity index (χ2n) is 4.60. The standard InChI is InChI=1S/C17H18N2O3/c1-12(13-4-8-15(21-2)9-5-13)18-19-17(20)14-6-10-16(22-3)11-7-14/h4-11H,1-3H3,(H,19,20)/b18-12+. The summed E-state index contributed by atoms with van der Waals surface area (Å²) in [6.45, 7) is 1.83. The smallest absolute Gasteiger partial charge is 0.271 e. The van der Waals surface area contributed by atoms with Crippen LogP contribution in [0.5, 0.6) is 11.5 Å². The van der Waals surface area contributed by atoms with Crippen molar-refractivity contribution >= 4 is 11.6 Å². The van der Waals surface area contributed by atoms with Crippen molar-refractivity contribution in [2.45, 2.75) is 6.92 Å². The van der Waals surface area contributed by atoms with Crippen LogP contribution in [0.2, 0.25) is 0 Å². The van der Waals surface area contributed by atoms with Gasteiger partial charge in [-0.05, 0) is 61.0 Å². The molecule has 5 nitrogen and oxygen atoms in total. The molecule has 0 aliphatic heterocycles. The van der Waals surface area contributed by atoms with Gasteiger partial charge < -0.3 is 9.47 Å². The Morgan fingerprint density at radius 1 is 0.864 bits per heavy atom. The van der Waals surface area contributed by atoms with Gasteiger partial charge in [-0.15, -0.1) is 0 Å². The Balaban J connectivity index is 2.03. The number of hydrazone groups is 1. The summed E-state index contributed by atoms with van der Waals surface area (Å²) in [6, 6.07) is 14.3. The summed E-state index contributed by atoms with van der Waals surface area (Å²) in [5.74, 6) is 1.21. The molecule has 0 saturated carbocycles. The highest BCUT2D eigenvalue weighted by molar-refractivity contribution is 6.00. The SMILES string of the molecule is COc1ccc(C(=O)N/N=C(\C)c2ccc(OC)cc2)cc1. The number of carbonyl (C=O) groups excluding carboxylic acids is 1. The summed E-state index contributed by atoms with van der Waals surface area (Å²) in [7, 11) is 3.20. The van der Waals surface area contributed by atoms with Crippen molar-refractivity contribution in [1.29, 1.82) is 0 Å². The third-order valence-corrected chi connectivity index (χ3v) is 3.19. The van der Waals surface area contributed by atoms with Gasteiger partial charge in [-0.25, -0.2) is 5.43 Å².